The van der Waals surface area contributed by atoms with E-state index >= 15 is 0 Å². The number of halogens is 3. The molecule has 0 aromatic heterocycles. The fourth-order valence-electron chi connectivity index (χ4n) is 1.67. The molecular formula is C14H12Br2ClNO2. The first-order valence-corrected chi connectivity index (χ1v) is 7.71. The fourth-order valence-corrected chi connectivity index (χ4v) is 2.75. The molecule has 0 aliphatic heterocycles. The van der Waals surface area contributed by atoms with Gasteiger partial charge < -0.3 is 15.2 Å². The number of ether oxygens (including phenoxy) is 2. The molecule has 0 bridgehead atoms. The number of benzene rings is 2. The third-order valence-electron chi connectivity index (χ3n) is 2.67. The molecule has 3 nitrogen and oxygen atoms in total. The van der Waals surface area contributed by atoms with Crippen molar-refractivity contribution in [2.45, 2.75) is 6.54 Å². The molecule has 2 N–H and O–H groups in total. The molecule has 0 spiro atoms. The topological polar surface area (TPSA) is 44.5 Å². The smallest absolute Gasteiger partial charge is 0.143 e. The van der Waals surface area contributed by atoms with E-state index in [1.165, 1.54) is 0 Å². The van der Waals surface area contributed by atoms with Gasteiger partial charge >= 0.3 is 0 Å². The molecule has 2 aromatic carbocycles. The largest absolute Gasteiger partial charge is 0.496 e. The minimum atomic E-state index is 0.352. The van der Waals surface area contributed by atoms with Crippen LogP contribution in [0.3, 0.4) is 0 Å². The van der Waals surface area contributed by atoms with Crippen LogP contribution in [0.5, 0.6) is 17.2 Å². The van der Waals surface area contributed by atoms with Gasteiger partial charge in [-0.2, -0.15) is 0 Å². The Balaban J connectivity index is 2.37. The van der Waals surface area contributed by atoms with Crippen molar-refractivity contribution in [3.63, 3.8) is 0 Å². The van der Waals surface area contributed by atoms with Crippen LogP contribution in [-0.2, 0) is 6.54 Å². The van der Waals surface area contributed by atoms with Gasteiger partial charge in [-0.3, -0.25) is 0 Å². The first-order chi connectivity index (χ1) is 9.55. The van der Waals surface area contributed by atoms with Crippen molar-refractivity contribution in [2.75, 3.05) is 7.11 Å². The molecule has 0 atom stereocenters. The summed E-state index contributed by atoms with van der Waals surface area (Å²) in [5.41, 5.74) is 6.55. The second-order valence-electron chi connectivity index (χ2n) is 3.98. The molecule has 0 saturated carbocycles. The second-order valence-corrected chi connectivity index (χ2v) is 6.12. The van der Waals surface area contributed by atoms with Crippen LogP contribution < -0.4 is 15.2 Å². The highest BCUT2D eigenvalue weighted by Crippen LogP contribution is 2.39. The molecule has 0 aliphatic carbocycles. The van der Waals surface area contributed by atoms with Crippen molar-refractivity contribution in [3.8, 4) is 17.2 Å². The Bertz CT molecular complexity index is 635. The quantitative estimate of drug-likeness (QED) is 0.745. The van der Waals surface area contributed by atoms with Crippen molar-refractivity contribution < 1.29 is 9.47 Å². The summed E-state index contributed by atoms with van der Waals surface area (Å²) in [6.07, 6.45) is 0. The molecule has 0 aliphatic rings. The zero-order valence-electron chi connectivity index (χ0n) is 10.6. The standard InChI is InChI=1S/C14H12Br2ClNO2/c1-19-13-5-11(16)14(6-10(13)15)20-12-3-2-9(17)4-8(12)7-18/h2-6H,7,18H2,1H3. The molecule has 20 heavy (non-hydrogen) atoms. The van der Waals surface area contributed by atoms with Crippen molar-refractivity contribution in [1.29, 1.82) is 0 Å². The lowest BCUT2D eigenvalue weighted by Gasteiger charge is -2.13. The van der Waals surface area contributed by atoms with Crippen molar-refractivity contribution in [2.24, 2.45) is 5.73 Å². The lowest BCUT2D eigenvalue weighted by Crippen LogP contribution is -1.99. The van der Waals surface area contributed by atoms with Gasteiger partial charge in [-0.15, -0.1) is 0 Å². The van der Waals surface area contributed by atoms with E-state index in [-0.39, 0.29) is 0 Å². The predicted octanol–water partition coefficient (Wildman–Crippen LogP) is 5.12. The first kappa shape index (κ1) is 15.6. The molecule has 6 heteroatoms. The average molecular weight is 422 g/mol. The van der Waals surface area contributed by atoms with Crippen LogP contribution >= 0.6 is 43.5 Å². The van der Waals surface area contributed by atoms with Gasteiger partial charge in [0.25, 0.3) is 0 Å². The van der Waals surface area contributed by atoms with E-state index in [1.807, 2.05) is 12.1 Å². The maximum atomic E-state index is 5.95. The maximum absolute atomic E-state index is 5.95. The normalized spacial score (nSPS) is 10.4. The van der Waals surface area contributed by atoms with Gasteiger partial charge in [-0.25, -0.2) is 0 Å². The Morgan fingerprint density at radius 1 is 1.05 bits per heavy atom. The summed E-state index contributed by atoms with van der Waals surface area (Å²) < 4.78 is 12.7. The van der Waals surface area contributed by atoms with Crippen LogP contribution in [-0.4, -0.2) is 7.11 Å². The van der Waals surface area contributed by atoms with E-state index in [0.29, 0.717) is 23.1 Å². The van der Waals surface area contributed by atoms with E-state index in [1.54, 1.807) is 25.3 Å². The molecule has 0 amide bonds. The highest BCUT2D eigenvalue weighted by atomic mass is 79.9. The van der Waals surface area contributed by atoms with Gasteiger partial charge in [0, 0.05) is 17.1 Å². The fraction of sp³-hybridized carbons (Fsp3) is 0.143. The van der Waals surface area contributed by atoms with Gasteiger partial charge in [0.1, 0.15) is 17.2 Å². The minimum absolute atomic E-state index is 0.352. The van der Waals surface area contributed by atoms with E-state index in [9.17, 15) is 0 Å². The molecule has 0 radical (unpaired) electrons. The summed E-state index contributed by atoms with van der Waals surface area (Å²) in [6.45, 7) is 0.352. The molecule has 0 saturated heterocycles. The molecule has 0 fully saturated rings. The van der Waals surface area contributed by atoms with Gasteiger partial charge in [0.2, 0.25) is 0 Å². The van der Waals surface area contributed by atoms with E-state index in [4.69, 9.17) is 26.8 Å². The van der Waals surface area contributed by atoms with Crippen LogP contribution in [0.15, 0.2) is 39.3 Å². The Labute approximate surface area is 139 Å². The third kappa shape index (κ3) is 3.47. The Morgan fingerprint density at radius 3 is 2.35 bits per heavy atom. The summed E-state index contributed by atoms with van der Waals surface area (Å²) in [7, 11) is 1.61. The molecule has 106 valence electrons. The minimum Gasteiger partial charge on any atom is -0.496 e. The second kappa shape index (κ2) is 6.80. The average Bonchev–Trinajstić information content (AvgIpc) is 2.44. The monoisotopic (exact) mass is 419 g/mol. The number of rotatable bonds is 4. The first-order valence-electron chi connectivity index (χ1n) is 5.74. The van der Waals surface area contributed by atoms with Crippen LogP contribution in [0.25, 0.3) is 0 Å². The van der Waals surface area contributed by atoms with Crippen LogP contribution in [0.2, 0.25) is 5.02 Å². The Morgan fingerprint density at radius 2 is 1.70 bits per heavy atom. The molecule has 0 heterocycles. The van der Waals surface area contributed by atoms with Gasteiger partial charge in [0.15, 0.2) is 0 Å². The summed E-state index contributed by atoms with van der Waals surface area (Å²) in [5.74, 6) is 2.06. The van der Waals surface area contributed by atoms with Crippen LogP contribution in [0, 0.1) is 0 Å². The van der Waals surface area contributed by atoms with Crippen LogP contribution in [0.4, 0.5) is 0 Å². The lowest BCUT2D eigenvalue weighted by molar-refractivity contribution is 0.409. The predicted molar refractivity (Wildman–Crippen MR) is 87.8 cm³/mol. The zero-order chi connectivity index (χ0) is 14.7. The number of nitrogens with two attached hydrogens (primary N) is 1. The molecule has 0 unspecified atom stereocenters. The summed E-state index contributed by atoms with van der Waals surface area (Å²) >= 11 is 12.8. The van der Waals surface area contributed by atoms with E-state index < -0.39 is 0 Å². The number of hydrogen-bond donors (Lipinski definition) is 1. The highest BCUT2D eigenvalue weighted by molar-refractivity contribution is 9.11. The van der Waals surface area contributed by atoms with Crippen molar-refractivity contribution >= 4 is 43.5 Å². The van der Waals surface area contributed by atoms with E-state index in [0.717, 1.165) is 20.3 Å². The van der Waals surface area contributed by atoms with Gasteiger partial charge in [0.05, 0.1) is 16.1 Å². The molecule has 2 rings (SSSR count). The van der Waals surface area contributed by atoms with Crippen molar-refractivity contribution in [1.82, 2.24) is 0 Å². The highest BCUT2D eigenvalue weighted by Gasteiger charge is 2.11. The Hall–Kier alpha value is -0.750. The zero-order valence-corrected chi connectivity index (χ0v) is 14.5. The summed E-state index contributed by atoms with van der Waals surface area (Å²) in [5, 5.41) is 0.632. The SMILES string of the molecule is COc1cc(Br)c(Oc2ccc(Cl)cc2CN)cc1Br. The van der Waals surface area contributed by atoms with E-state index in [2.05, 4.69) is 31.9 Å². The summed E-state index contributed by atoms with van der Waals surface area (Å²) in [4.78, 5) is 0. The summed E-state index contributed by atoms with van der Waals surface area (Å²) in [6, 6.07) is 9.02. The Kier molecular flexibility index (Phi) is 5.32. The van der Waals surface area contributed by atoms with Gasteiger partial charge in [-0.05, 0) is 62.2 Å². The number of methoxy groups -OCH3 is 1. The molecular weight excluding hydrogens is 409 g/mol. The third-order valence-corrected chi connectivity index (χ3v) is 4.14. The van der Waals surface area contributed by atoms with Crippen molar-refractivity contribution in [3.05, 3.63) is 49.9 Å². The van der Waals surface area contributed by atoms with Gasteiger partial charge in [-0.1, -0.05) is 11.6 Å². The maximum Gasteiger partial charge on any atom is 0.143 e. The molecule has 2 aromatic rings. The lowest BCUT2D eigenvalue weighted by atomic mass is 10.2. The number of hydrogen-bond acceptors (Lipinski definition) is 3. The van der Waals surface area contributed by atoms with Crippen LogP contribution in [0.1, 0.15) is 5.56 Å².